The van der Waals surface area contributed by atoms with Gasteiger partial charge in [0.2, 0.25) is 0 Å². The van der Waals surface area contributed by atoms with Crippen LogP contribution < -0.4 is 0 Å². The van der Waals surface area contributed by atoms with Crippen LogP contribution in [0.4, 0.5) is 0 Å². The third-order valence-electron chi connectivity index (χ3n) is 6.95. The summed E-state index contributed by atoms with van der Waals surface area (Å²) in [6, 6.07) is 0. The predicted molar refractivity (Wildman–Crippen MR) is 87.9 cm³/mol. The average Bonchev–Trinajstić information content (AvgIpc) is 2.57. The highest BCUT2D eigenvalue weighted by molar-refractivity contribution is 5.67. The predicted octanol–water partition coefficient (Wildman–Crippen LogP) is 2.55. The molecule has 136 valence electrons. The molecule has 1 N–H and O–H groups in total. The summed E-state index contributed by atoms with van der Waals surface area (Å²) in [6.07, 6.45) is -3.44. The molecular weight excluding hydrogens is 308 g/mol. The summed E-state index contributed by atoms with van der Waals surface area (Å²) >= 11 is 0. The van der Waals surface area contributed by atoms with Gasteiger partial charge in [-0.15, -0.1) is 0 Å². The number of rotatable bonds is 2. The van der Waals surface area contributed by atoms with Crippen molar-refractivity contribution in [3.8, 4) is 0 Å². The summed E-state index contributed by atoms with van der Waals surface area (Å²) in [7, 11) is 0. The fourth-order valence-electron chi connectivity index (χ4n) is 6.06. The summed E-state index contributed by atoms with van der Waals surface area (Å²) in [5, 5.41) is 10.9. The van der Waals surface area contributed by atoms with Crippen molar-refractivity contribution in [1.29, 1.82) is 0 Å². The molecular formula is C19H30O5. The second-order valence-corrected chi connectivity index (χ2v) is 8.60. The number of ether oxygens (including phenoxy) is 2. The Kier molecular flexibility index (Phi) is 3.45. The van der Waals surface area contributed by atoms with E-state index in [-0.39, 0.29) is 23.7 Å². The van der Waals surface area contributed by atoms with Crippen molar-refractivity contribution in [2.24, 2.45) is 34.5 Å². The molecule has 0 aliphatic heterocycles. The van der Waals surface area contributed by atoms with Crippen molar-refractivity contribution in [2.75, 3.05) is 0 Å². The zero-order chi connectivity index (χ0) is 19.8. The molecule has 0 amide bonds. The van der Waals surface area contributed by atoms with Crippen LogP contribution in [0.5, 0.6) is 0 Å². The van der Waals surface area contributed by atoms with Crippen molar-refractivity contribution >= 4 is 11.9 Å². The average molecular weight is 340 g/mol. The largest absolute Gasteiger partial charge is 0.462 e. The van der Waals surface area contributed by atoms with E-state index in [1.807, 2.05) is 27.7 Å². The van der Waals surface area contributed by atoms with E-state index >= 15 is 0 Å². The van der Waals surface area contributed by atoms with Crippen molar-refractivity contribution < 1.29 is 26.9 Å². The normalized spacial score (nSPS) is 52.0. The molecule has 0 aromatic rings. The zero-order valence-corrected chi connectivity index (χ0v) is 15.3. The van der Waals surface area contributed by atoms with Crippen LogP contribution in [0.25, 0.3) is 0 Å². The van der Waals surface area contributed by atoms with Crippen molar-refractivity contribution in [3.63, 3.8) is 0 Å². The minimum absolute atomic E-state index is 0.00812. The second-order valence-electron chi connectivity index (χ2n) is 8.60. The third-order valence-corrected chi connectivity index (χ3v) is 6.95. The molecule has 0 aromatic heterocycles. The van der Waals surface area contributed by atoms with Gasteiger partial charge >= 0.3 is 11.9 Å². The Bertz CT molecular complexity index is 611. The maximum atomic E-state index is 11.8. The van der Waals surface area contributed by atoms with Gasteiger partial charge in [0.25, 0.3) is 0 Å². The number of aliphatic hydroxyl groups is 1. The first-order chi connectivity index (χ1) is 11.8. The summed E-state index contributed by atoms with van der Waals surface area (Å²) < 4.78 is 28.0. The molecule has 4 bridgehead atoms. The van der Waals surface area contributed by atoms with Crippen molar-refractivity contribution in [1.82, 2.24) is 0 Å². The molecule has 0 aromatic carbocycles. The van der Waals surface area contributed by atoms with Crippen LogP contribution in [0.15, 0.2) is 0 Å². The van der Waals surface area contributed by atoms with Crippen LogP contribution in [0.1, 0.15) is 57.1 Å². The number of carbonyl (C=O) groups excluding carboxylic acids is 2. The zero-order valence-electron chi connectivity index (χ0n) is 17.3. The number of esters is 2. The smallest absolute Gasteiger partial charge is 0.302 e. The molecule has 5 heteroatoms. The number of aliphatic hydroxyl groups excluding tert-OH is 1. The molecule has 5 nitrogen and oxygen atoms in total. The van der Waals surface area contributed by atoms with Crippen LogP contribution in [-0.4, -0.2) is 35.4 Å². The summed E-state index contributed by atoms with van der Waals surface area (Å²) in [5.41, 5.74) is -0.992. The van der Waals surface area contributed by atoms with E-state index in [0.29, 0.717) is 6.42 Å². The number of hydrogen-bond acceptors (Lipinski definition) is 5. The quantitative estimate of drug-likeness (QED) is 0.782. The monoisotopic (exact) mass is 340 g/mol. The van der Waals surface area contributed by atoms with E-state index in [0.717, 1.165) is 0 Å². The van der Waals surface area contributed by atoms with Crippen LogP contribution in [-0.2, 0) is 19.1 Å². The van der Waals surface area contributed by atoms with Gasteiger partial charge < -0.3 is 14.6 Å². The Balaban J connectivity index is 2.12. The van der Waals surface area contributed by atoms with E-state index in [1.54, 1.807) is 0 Å². The van der Waals surface area contributed by atoms with Crippen LogP contribution in [0.2, 0.25) is 0 Å². The number of hydrogen-bond donors (Lipinski definition) is 1. The van der Waals surface area contributed by atoms with E-state index in [4.69, 9.17) is 12.2 Å². The molecule has 24 heavy (non-hydrogen) atoms. The lowest BCUT2D eigenvalue weighted by Gasteiger charge is -2.70. The molecule has 5 unspecified atom stereocenters. The molecule has 0 heterocycles. The lowest BCUT2D eigenvalue weighted by molar-refractivity contribution is -0.282. The standard InChI is InChI=1S/C19H30O5/c1-9-7-12(22)16-17-15(9)19(16,6)14(24-11(3)21)8-13(18(17,4)5)23-10(2)20/h9,12-17,22H,7-8H2,1-6H3/t9-,12?,13+,14+,15?,16?,17?,19?/m0/s1/i7D2. The van der Waals surface area contributed by atoms with Gasteiger partial charge in [0.1, 0.15) is 12.2 Å². The second kappa shape index (κ2) is 5.45. The van der Waals surface area contributed by atoms with E-state index in [2.05, 4.69) is 0 Å². The van der Waals surface area contributed by atoms with Gasteiger partial charge in [0.15, 0.2) is 0 Å². The molecule has 4 aliphatic carbocycles. The lowest BCUT2D eigenvalue weighted by atomic mass is 9.35. The lowest BCUT2D eigenvalue weighted by Crippen LogP contribution is -2.71. The highest BCUT2D eigenvalue weighted by Crippen LogP contribution is 2.74. The van der Waals surface area contributed by atoms with Gasteiger partial charge in [-0.05, 0) is 30.0 Å². The van der Waals surface area contributed by atoms with E-state index < -0.39 is 47.4 Å². The molecule has 4 rings (SSSR count). The Morgan fingerprint density at radius 1 is 1.04 bits per heavy atom. The Morgan fingerprint density at radius 3 is 2.08 bits per heavy atom. The van der Waals surface area contributed by atoms with Crippen LogP contribution in [0.3, 0.4) is 0 Å². The fraction of sp³-hybridized carbons (Fsp3) is 0.895. The molecule has 4 aliphatic rings. The fourth-order valence-corrected chi connectivity index (χ4v) is 6.06. The third kappa shape index (κ3) is 2.23. The molecule has 4 saturated carbocycles. The first kappa shape index (κ1) is 15.2. The van der Waals surface area contributed by atoms with Crippen molar-refractivity contribution in [3.05, 3.63) is 0 Å². The van der Waals surface area contributed by atoms with Crippen LogP contribution in [0, 0.1) is 34.5 Å². The minimum atomic E-state index is -1.69. The van der Waals surface area contributed by atoms with E-state index in [9.17, 15) is 14.7 Å². The van der Waals surface area contributed by atoms with Gasteiger partial charge in [-0.3, -0.25) is 9.59 Å². The minimum Gasteiger partial charge on any atom is -0.462 e. The van der Waals surface area contributed by atoms with Crippen molar-refractivity contribution in [2.45, 2.75) is 72.6 Å². The summed E-state index contributed by atoms with van der Waals surface area (Å²) in [5.74, 6) is -1.62. The summed E-state index contributed by atoms with van der Waals surface area (Å²) in [6.45, 7) is 10.6. The topological polar surface area (TPSA) is 72.8 Å². The highest BCUT2D eigenvalue weighted by Gasteiger charge is 2.75. The first-order valence-corrected chi connectivity index (χ1v) is 8.79. The Labute approximate surface area is 146 Å². The maximum Gasteiger partial charge on any atom is 0.302 e. The maximum absolute atomic E-state index is 11.8. The van der Waals surface area contributed by atoms with Gasteiger partial charge in [0, 0.05) is 33.8 Å². The van der Waals surface area contributed by atoms with Gasteiger partial charge in [-0.1, -0.05) is 27.7 Å². The molecule has 0 radical (unpaired) electrons. The highest BCUT2D eigenvalue weighted by atomic mass is 16.6. The molecule has 0 spiro atoms. The molecule has 8 atom stereocenters. The SMILES string of the molecule is [2H]C1([2H])C(O)C2C3C([C@H]1C)C2(C)[C@H](OC(C)=O)C[C@@H](OC(C)=O)C3(C)C. The van der Waals surface area contributed by atoms with Gasteiger partial charge in [-0.25, -0.2) is 0 Å². The number of carbonyl (C=O) groups is 2. The Hall–Kier alpha value is -1.10. The molecule has 0 saturated heterocycles. The summed E-state index contributed by atoms with van der Waals surface area (Å²) in [4.78, 5) is 23.4. The first-order valence-electron chi connectivity index (χ1n) is 9.79. The van der Waals surface area contributed by atoms with Gasteiger partial charge in [-0.2, -0.15) is 0 Å². The van der Waals surface area contributed by atoms with Gasteiger partial charge in [0.05, 0.1) is 6.10 Å². The number of fused-ring (bicyclic) bond motifs is 2. The molecule has 4 fully saturated rings. The van der Waals surface area contributed by atoms with Crippen LogP contribution >= 0.6 is 0 Å². The Morgan fingerprint density at radius 2 is 1.58 bits per heavy atom. The van der Waals surface area contributed by atoms with E-state index in [1.165, 1.54) is 13.8 Å².